The number of nitrogens with zero attached hydrogens (tertiary/aromatic N) is 1. The molecule has 0 radical (unpaired) electrons. The van der Waals surface area contributed by atoms with Gasteiger partial charge in [-0.05, 0) is 23.8 Å². The summed E-state index contributed by atoms with van der Waals surface area (Å²) in [6.45, 7) is 0. The van der Waals surface area contributed by atoms with Crippen LogP contribution in [0.4, 0.5) is 0 Å². The number of hydrogen-bond donors (Lipinski definition) is 1. The molecule has 0 saturated heterocycles. The van der Waals surface area contributed by atoms with Crippen molar-refractivity contribution in [3.63, 3.8) is 0 Å². The van der Waals surface area contributed by atoms with E-state index in [1.165, 1.54) is 6.07 Å². The molecule has 0 atom stereocenters. The van der Waals surface area contributed by atoms with Gasteiger partial charge in [0.25, 0.3) is 0 Å². The van der Waals surface area contributed by atoms with Crippen LogP contribution in [-0.2, 0) is 0 Å². The van der Waals surface area contributed by atoms with E-state index >= 15 is 0 Å². The minimum atomic E-state index is -0.00218. The summed E-state index contributed by atoms with van der Waals surface area (Å²) in [5, 5.41) is 9.33. The number of aldehydes is 1. The average Bonchev–Trinajstić information content (AvgIpc) is 2.31. The highest BCUT2D eigenvalue weighted by atomic mass is 16.3. The van der Waals surface area contributed by atoms with Crippen molar-refractivity contribution in [3.05, 3.63) is 48.3 Å². The zero-order valence-corrected chi connectivity index (χ0v) is 7.92. The smallest absolute Gasteiger partial charge is 0.153 e. The highest BCUT2D eigenvalue weighted by Crippen LogP contribution is 2.23. The summed E-state index contributed by atoms with van der Waals surface area (Å²) >= 11 is 0. The molecule has 0 spiro atoms. The highest BCUT2D eigenvalue weighted by Gasteiger charge is 2.03. The van der Waals surface area contributed by atoms with Gasteiger partial charge in [0.15, 0.2) is 6.29 Å². The minimum Gasteiger partial charge on any atom is -0.507 e. The third-order valence-corrected chi connectivity index (χ3v) is 2.15. The number of aromatic nitrogens is 1. The van der Waals surface area contributed by atoms with Crippen molar-refractivity contribution in [3.8, 4) is 16.9 Å². The van der Waals surface area contributed by atoms with Gasteiger partial charge in [-0.2, -0.15) is 0 Å². The molecular formula is C12H9NO2. The van der Waals surface area contributed by atoms with Gasteiger partial charge in [-0.15, -0.1) is 0 Å². The van der Waals surface area contributed by atoms with Crippen LogP contribution in [-0.4, -0.2) is 16.4 Å². The SMILES string of the molecule is O=Cc1cc(-c2cccnc2)ccc1O. The quantitative estimate of drug-likeness (QED) is 0.755. The summed E-state index contributed by atoms with van der Waals surface area (Å²) in [5.74, 6) is -0.00218. The van der Waals surface area contributed by atoms with Gasteiger partial charge in [0.1, 0.15) is 5.75 Å². The van der Waals surface area contributed by atoms with E-state index in [2.05, 4.69) is 4.98 Å². The van der Waals surface area contributed by atoms with Crippen molar-refractivity contribution in [1.82, 2.24) is 4.98 Å². The van der Waals surface area contributed by atoms with Gasteiger partial charge in [0.2, 0.25) is 0 Å². The van der Waals surface area contributed by atoms with Crippen LogP contribution >= 0.6 is 0 Å². The molecule has 1 aromatic carbocycles. The van der Waals surface area contributed by atoms with Gasteiger partial charge in [0.05, 0.1) is 5.56 Å². The molecule has 3 nitrogen and oxygen atoms in total. The molecule has 1 heterocycles. The topological polar surface area (TPSA) is 50.2 Å². The zero-order valence-electron chi connectivity index (χ0n) is 7.92. The molecule has 1 aromatic heterocycles. The Labute approximate surface area is 87.0 Å². The second kappa shape index (κ2) is 3.92. The molecule has 0 unspecified atom stereocenters. The largest absolute Gasteiger partial charge is 0.507 e. The number of phenolic OH excluding ortho intramolecular Hbond substituents is 1. The van der Waals surface area contributed by atoms with Gasteiger partial charge in [-0.3, -0.25) is 9.78 Å². The van der Waals surface area contributed by atoms with Gasteiger partial charge in [-0.25, -0.2) is 0 Å². The molecule has 0 fully saturated rings. The predicted molar refractivity (Wildman–Crippen MR) is 56.7 cm³/mol. The number of carbonyl (C=O) groups excluding carboxylic acids is 1. The molecule has 0 saturated carbocycles. The monoisotopic (exact) mass is 199 g/mol. The summed E-state index contributed by atoms with van der Waals surface area (Å²) in [7, 11) is 0. The molecule has 15 heavy (non-hydrogen) atoms. The summed E-state index contributed by atoms with van der Waals surface area (Å²) in [4.78, 5) is 14.6. The van der Waals surface area contributed by atoms with E-state index in [4.69, 9.17) is 0 Å². The van der Waals surface area contributed by atoms with Gasteiger partial charge in [-0.1, -0.05) is 12.1 Å². The third kappa shape index (κ3) is 1.86. The average molecular weight is 199 g/mol. The lowest BCUT2D eigenvalue weighted by molar-refractivity contribution is 0.112. The lowest BCUT2D eigenvalue weighted by Gasteiger charge is -2.02. The maximum atomic E-state index is 10.6. The highest BCUT2D eigenvalue weighted by molar-refractivity contribution is 5.82. The fourth-order valence-corrected chi connectivity index (χ4v) is 1.36. The number of pyridine rings is 1. The molecule has 0 aliphatic rings. The molecule has 0 aliphatic heterocycles. The summed E-state index contributed by atoms with van der Waals surface area (Å²) in [6.07, 6.45) is 4.03. The number of aromatic hydroxyl groups is 1. The molecule has 1 N–H and O–H groups in total. The lowest BCUT2D eigenvalue weighted by Crippen LogP contribution is -1.84. The Morgan fingerprint density at radius 1 is 1.20 bits per heavy atom. The fourth-order valence-electron chi connectivity index (χ4n) is 1.36. The Kier molecular flexibility index (Phi) is 2.46. The molecule has 74 valence electrons. The molecule has 0 amide bonds. The maximum absolute atomic E-state index is 10.6. The van der Waals surface area contributed by atoms with Crippen LogP contribution in [0.15, 0.2) is 42.7 Å². The molecule has 2 rings (SSSR count). The summed E-state index contributed by atoms with van der Waals surface area (Å²) < 4.78 is 0. The van der Waals surface area contributed by atoms with Gasteiger partial charge < -0.3 is 5.11 Å². The van der Waals surface area contributed by atoms with E-state index in [1.54, 1.807) is 24.5 Å². The first-order valence-electron chi connectivity index (χ1n) is 4.50. The first-order chi connectivity index (χ1) is 7.31. The van der Waals surface area contributed by atoms with Crippen molar-refractivity contribution < 1.29 is 9.90 Å². The number of carbonyl (C=O) groups is 1. The van der Waals surface area contributed by atoms with Crippen LogP contribution in [0.25, 0.3) is 11.1 Å². The predicted octanol–water partition coefficient (Wildman–Crippen LogP) is 2.27. The molecule has 2 aromatic rings. The normalized spacial score (nSPS) is 9.87. The van der Waals surface area contributed by atoms with Crippen molar-refractivity contribution in [2.75, 3.05) is 0 Å². The molecule has 0 bridgehead atoms. The minimum absolute atomic E-state index is 0.00218. The van der Waals surface area contributed by atoms with Gasteiger partial charge in [0, 0.05) is 18.0 Å². The summed E-state index contributed by atoms with van der Waals surface area (Å²) in [5.41, 5.74) is 2.07. The first-order valence-corrected chi connectivity index (χ1v) is 4.50. The third-order valence-electron chi connectivity index (χ3n) is 2.15. The maximum Gasteiger partial charge on any atom is 0.153 e. The van der Waals surface area contributed by atoms with Crippen LogP contribution in [0.3, 0.4) is 0 Å². The Morgan fingerprint density at radius 3 is 2.73 bits per heavy atom. The number of benzene rings is 1. The van der Waals surface area contributed by atoms with Crippen molar-refractivity contribution in [2.24, 2.45) is 0 Å². The molecule has 0 aliphatic carbocycles. The Hall–Kier alpha value is -2.16. The number of rotatable bonds is 2. The Morgan fingerprint density at radius 2 is 2.07 bits per heavy atom. The van der Waals surface area contributed by atoms with Crippen molar-refractivity contribution in [2.45, 2.75) is 0 Å². The van der Waals surface area contributed by atoms with E-state index in [0.29, 0.717) is 6.29 Å². The second-order valence-corrected chi connectivity index (χ2v) is 3.13. The van der Waals surface area contributed by atoms with Crippen LogP contribution in [0.1, 0.15) is 10.4 Å². The Bertz CT molecular complexity index is 480. The van der Waals surface area contributed by atoms with Gasteiger partial charge >= 0.3 is 0 Å². The zero-order chi connectivity index (χ0) is 10.7. The fraction of sp³-hybridized carbons (Fsp3) is 0. The molecular weight excluding hydrogens is 190 g/mol. The standard InChI is InChI=1S/C12H9NO2/c14-8-11-6-9(3-4-12(11)15)10-2-1-5-13-7-10/h1-8,15H. The van der Waals surface area contributed by atoms with E-state index < -0.39 is 0 Å². The van der Waals surface area contributed by atoms with Crippen molar-refractivity contribution in [1.29, 1.82) is 0 Å². The van der Waals surface area contributed by atoms with E-state index in [0.717, 1.165) is 11.1 Å². The second-order valence-electron chi connectivity index (χ2n) is 3.13. The number of phenols is 1. The summed E-state index contributed by atoms with van der Waals surface area (Å²) in [6, 6.07) is 8.61. The van der Waals surface area contributed by atoms with Crippen LogP contribution in [0, 0.1) is 0 Å². The van der Waals surface area contributed by atoms with Crippen LogP contribution in [0.5, 0.6) is 5.75 Å². The van der Waals surface area contributed by atoms with Crippen LogP contribution < -0.4 is 0 Å². The number of hydrogen-bond acceptors (Lipinski definition) is 3. The van der Waals surface area contributed by atoms with E-state index in [-0.39, 0.29) is 11.3 Å². The molecule has 3 heteroatoms. The van der Waals surface area contributed by atoms with Crippen molar-refractivity contribution >= 4 is 6.29 Å². The first kappa shape index (κ1) is 9.40. The van der Waals surface area contributed by atoms with E-state index in [9.17, 15) is 9.90 Å². The lowest BCUT2D eigenvalue weighted by atomic mass is 10.0. The van der Waals surface area contributed by atoms with Crippen LogP contribution in [0.2, 0.25) is 0 Å². The Balaban J connectivity index is 2.51. The van der Waals surface area contributed by atoms with E-state index in [1.807, 2.05) is 12.1 Å².